The zero-order valence-electron chi connectivity index (χ0n) is 10.5. The molecule has 2 aromatic rings. The average molecular weight is 229 g/mol. The van der Waals surface area contributed by atoms with Crippen LogP contribution in [0, 0.1) is 0 Å². The summed E-state index contributed by atoms with van der Waals surface area (Å²) in [5, 5.41) is 4.59. The van der Waals surface area contributed by atoms with E-state index in [1.807, 2.05) is 12.1 Å². The first-order chi connectivity index (χ1) is 8.25. The van der Waals surface area contributed by atoms with Gasteiger partial charge in [0.2, 0.25) is 0 Å². The van der Waals surface area contributed by atoms with Crippen LogP contribution in [-0.4, -0.2) is 37.1 Å². The van der Waals surface area contributed by atoms with Crippen LogP contribution in [0.2, 0.25) is 0 Å². The van der Waals surface area contributed by atoms with Gasteiger partial charge in [0.1, 0.15) is 0 Å². The molecule has 0 aliphatic heterocycles. The molecule has 0 saturated heterocycles. The molecule has 90 valence electrons. The van der Waals surface area contributed by atoms with Crippen molar-refractivity contribution in [2.75, 3.05) is 27.2 Å². The van der Waals surface area contributed by atoms with Crippen LogP contribution in [0.25, 0.3) is 10.9 Å². The molecule has 0 saturated carbocycles. The first kappa shape index (κ1) is 12.0. The number of nitrogens with one attached hydrogen (secondary N) is 1. The first-order valence-electron chi connectivity index (χ1n) is 5.96. The van der Waals surface area contributed by atoms with E-state index in [0.717, 1.165) is 30.8 Å². The third-order valence-electron chi connectivity index (χ3n) is 2.70. The van der Waals surface area contributed by atoms with E-state index in [4.69, 9.17) is 0 Å². The molecule has 3 nitrogen and oxygen atoms in total. The predicted molar refractivity (Wildman–Crippen MR) is 72.0 cm³/mol. The lowest BCUT2D eigenvalue weighted by Gasteiger charge is -2.10. The zero-order chi connectivity index (χ0) is 12.1. The van der Waals surface area contributed by atoms with Crippen molar-refractivity contribution < 1.29 is 0 Å². The van der Waals surface area contributed by atoms with E-state index in [1.54, 1.807) is 0 Å². The minimum absolute atomic E-state index is 0.832. The molecule has 0 aliphatic rings. The minimum Gasteiger partial charge on any atom is -0.310 e. The van der Waals surface area contributed by atoms with Gasteiger partial charge < -0.3 is 10.2 Å². The van der Waals surface area contributed by atoms with Crippen LogP contribution in [-0.2, 0) is 6.54 Å². The second-order valence-electron chi connectivity index (χ2n) is 4.48. The summed E-state index contributed by atoms with van der Waals surface area (Å²) < 4.78 is 0. The number of benzene rings is 1. The molecule has 2 rings (SSSR count). The molecular formula is C14H19N3. The summed E-state index contributed by atoms with van der Waals surface area (Å²) in [5.74, 6) is 0. The van der Waals surface area contributed by atoms with Gasteiger partial charge in [0.05, 0.1) is 11.2 Å². The van der Waals surface area contributed by atoms with Crippen molar-refractivity contribution in [3.8, 4) is 0 Å². The van der Waals surface area contributed by atoms with Crippen LogP contribution < -0.4 is 5.32 Å². The average Bonchev–Trinajstić information content (AvgIpc) is 2.34. The molecule has 0 fully saturated rings. The molecular weight excluding hydrogens is 210 g/mol. The lowest BCUT2D eigenvalue weighted by molar-refractivity contribution is 0.399. The number of rotatable bonds is 5. The van der Waals surface area contributed by atoms with E-state index < -0.39 is 0 Å². The SMILES string of the molecule is CN(C)CCNCc1ccc2ccccc2n1. The number of nitrogens with zero attached hydrogens (tertiary/aromatic N) is 2. The molecule has 0 amide bonds. The van der Waals surface area contributed by atoms with Crippen LogP contribution in [0.15, 0.2) is 36.4 Å². The summed E-state index contributed by atoms with van der Waals surface area (Å²) in [6, 6.07) is 12.4. The largest absolute Gasteiger partial charge is 0.310 e. The number of hydrogen-bond acceptors (Lipinski definition) is 3. The molecule has 0 unspecified atom stereocenters. The Morgan fingerprint density at radius 1 is 1.12 bits per heavy atom. The molecule has 0 atom stereocenters. The molecule has 0 radical (unpaired) electrons. The second kappa shape index (κ2) is 5.75. The molecule has 3 heteroatoms. The predicted octanol–water partition coefficient (Wildman–Crippen LogP) is 1.89. The van der Waals surface area contributed by atoms with E-state index >= 15 is 0 Å². The number of hydrogen-bond donors (Lipinski definition) is 1. The van der Waals surface area contributed by atoms with Gasteiger partial charge in [-0.05, 0) is 26.2 Å². The third kappa shape index (κ3) is 3.51. The number of fused-ring (bicyclic) bond motifs is 1. The Balaban J connectivity index is 1.95. The van der Waals surface area contributed by atoms with Gasteiger partial charge in [-0.3, -0.25) is 4.98 Å². The monoisotopic (exact) mass is 229 g/mol. The van der Waals surface area contributed by atoms with Crippen molar-refractivity contribution >= 4 is 10.9 Å². The first-order valence-corrected chi connectivity index (χ1v) is 5.96. The number of para-hydroxylation sites is 1. The van der Waals surface area contributed by atoms with Crippen LogP contribution in [0.5, 0.6) is 0 Å². The van der Waals surface area contributed by atoms with Crippen molar-refractivity contribution in [3.05, 3.63) is 42.1 Å². The van der Waals surface area contributed by atoms with Gasteiger partial charge in [-0.15, -0.1) is 0 Å². The van der Waals surface area contributed by atoms with E-state index in [2.05, 4.69) is 53.6 Å². The van der Waals surface area contributed by atoms with Crippen molar-refractivity contribution in [3.63, 3.8) is 0 Å². The Labute approximate surface area is 102 Å². The molecule has 1 aromatic carbocycles. The van der Waals surface area contributed by atoms with Gasteiger partial charge in [0, 0.05) is 25.0 Å². The highest BCUT2D eigenvalue weighted by Gasteiger charge is 1.97. The molecule has 1 aromatic heterocycles. The normalized spacial score (nSPS) is 11.2. The summed E-state index contributed by atoms with van der Waals surface area (Å²) in [6.45, 7) is 2.87. The van der Waals surface area contributed by atoms with E-state index in [1.165, 1.54) is 5.39 Å². The highest BCUT2D eigenvalue weighted by molar-refractivity contribution is 5.78. The summed E-state index contributed by atoms with van der Waals surface area (Å²) in [6.07, 6.45) is 0. The maximum atomic E-state index is 4.62. The highest BCUT2D eigenvalue weighted by Crippen LogP contribution is 2.11. The van der Waals surface area contributed by atoms with E-state index in [9.17, 15) is 0 Å². The van der Waals surface area contributed by atoms with Gasteiger partial charge >= 0.3 is 0 Å². The molecule has 1 heterocycles. The fourth-order valence-corrected chi connectivity index (χ4v) is 1.73. The number of likely N-dealkylation sites (N-methyl/N-ethyl adjacent to an activating group) is 1. The van der Waals surface area contributed by atoms with E-state index in [0.29, 0.717) is 0 Å². The summed E-state index contributed by atoms with van der Waals surface area (Å²) >= 11 is 0. The van der Waals surface area contributed by atoms with Crippen LogP contribution in [0.1, 0.15) is 5.69 Å². The Morgan fingerprint density at radius 2 is 1.94 bits per heavy atom. The van der Waals surface area contributed by atoms with Crippen LogP contribution in [0.4, 0.5) is 0 Å². The van der Waals surface area contributed by atoms with Gasteiger partial charge in [0.15, 0.2) is 0 Å². The fourth-order valence-electron chi connectivity index (χ4n) is 1.73. The lowest BCUT2D eigenvalue weighted by atomic mass is 10.2. The van der Waals surface area contributed by atoms with E-state index in [-0.39, 0.29) is 0 Å². The fraction of sp³-hybridized carbons (Fsp3) is 0.357. The third-order valence-corrected chi connectivity index (χ3v) is 2.70. The van der Waals surface area contributed by atoms with Crippen molar-refractivity contribution in [1.82, 2.24) is 15.2 Å². The molecule has 17 heavy (non-hydrogen) atoms. The summed E-state index contributed by atoms with van der Waals surface area (Å²) in [4.78, 5) is 6.78. The topological polar surface area (TPSA) is 28.2 Å². The Morgan fingerprint density at radius 3 is 2.76 bits per heavy atom. The molecule has 0 bridgehead atoms. The minimum atomic E-state index is 0.832. The second-order valence-corrected chi connectivity index (χ2v) is 4.48. The smallest absolute Gasteiger partial charge is 0.0705 e. The Kier molecular flexibility index (Phi) is 4.07. The zero-order valence-corrected chi connectivity index (χ0v) is 10.5. The standard InChI is InChI=1S/C14H19N3/c1-17(2)10-9-15-11-13-8-7-12-5-3-4-6-14(12)16-13/h3-8,15H,9-11H2,1-2H3. The van der Waals surface area contributed by atoms with Crippen molar-refractivity contribution in [2.45, 2.75) is 6.54 Å². The van der Waals surface area contributed by atoms with Crippen LogP contribution >= 0.6 is 0 Å². The summed E-state index contributed by atoms with van der Waals surface area (Å²) in [7, 11) is 4.16. The number of pyridine rings is 1. The lowest BCUT2D eigenvalue weighted by Crippen LogP contribution is -2.26. The summed E-state index contributed by atoms with van der Waals surface area (Å²) in [5.41, 5.74) is 2.17. The van der Waals surface area contributed by atoms with Crippen molar-refractivity contribution in [1.29, 1.82) is 0 Å². The Bertz CT molecular complexity index is 480. The maximum Gasteiger partial charge on any atom is 0.0705 e. The number of aromatic nitrogens is 1. The van der Waals surface area contributed by atoms with Crippen LogP contribution in [0.3, 0.4) is 0 Å². The van der Waals surface area contributed by atoms with Gasteiger partial charge in [-0.2, -0.15) is 0 Å². The molecule has 1 N–H and O–H groups in total. The van der Waals surface area contributed by atoms with Crippen molar-refractivity contribution in [2.24, 2.45) is 0 Å². The van der Waals surface area contributed by atoms with Gasteiger partial charge in [-0.25, -0.2) is 0 Å². The van der Waals surface area contributed by atoms with Gasteiger partial charge in [-0.1, -0.05) is 24.3 Å². The maximum absolute atomic E-state index is 4.62. The van der Waals surface area contributed by atoms with Gasteiger partial charge in [0.25, 0.3) is 0 Å². The molecule has 0 aliphatic carbocycles. The Hall–Kier alpha value is -1.45. The quantitative estimate of drug-likeness (QED) is 0.794. The highest BCUT2D eigenvalue weighted by atomic mass is 15.1. The molecule has 0 spiro atoms.